The van der Waals surface area contributed by atoms with Crippen molar-refractivity contribution in [1.82, 2.24) is 0 Å². The van der Waals surface area contributed by atoms with Gasteiger partial charge < -0.3 is 4.42 Å². The summed E-state index contributed by atoms with van der Waals surface area (Å²) in [6.45, 7) is 0. The SMILES string of the molecule is [2H]c1ccc2cc(-c3ccc(-c4c5ccccc5c(-c5ccc(-c6ccc7oc8c([2H])cccc8c7c6)cc5)c5ccccc45)cc3)ccc2c1. The Morgan fingerprint density at radius 1 is 0.327 bits per heavy atom. The summed E-state index contributed by atoms with van der Waals surface area (Å²) in [4.78, 5) is 0. The number of hydrogen-bond acceptors (Lipinski definition) is 1. The topological polar surface area (TPSA) is 13.1 Å². The summed E-state index contributed by atoms with van der Waals surface area (Å²) in [5, 5.41) is 9.14. The standard InChI is InChI=1S/C48H30O/c1-2-10-36-29-37(26-21-31(36)9-1)32-17-22-34(23-18-32)47-40-12-3-5-14-42(40)48(43-15-6-4-13-41(43)47)35-24-19-33(20-25-35)38-27-28-46-44(30-38)39-11-7-8-16-45(39)49-46/h1-30H/i1D,16D. The van der Waals surface area contributed by atoms with Crippen molar-refractivity contribution in [2.45, 2.75) is 0 Å². The van der Waals surface area contributed by atoms with Crippen LogP contribution in [-0.2, 0) is 0 Å². The molecule has 0 bridgehead atoms. The molecule has 1 heteroatoms. The number of furan rings is 1. The minimum Gasteiger partial charge on any atom is -0.456 e. The van der Waals surface area contributed by atoms with Crippen molar-refractivity contribution < 1.29 is 7.16 Å². The largest absolute Gasteiger partial charge is 0.456 e. The van der Waals surface area contributed by atoms with Crippen molar-refractivity contribution in [1.29, 1.82) is 0 Å². The van der Waals surface area contributed by atoms with E-state index in [2.05, 4.69) is 127 Å². The smallest absolute Gasteiger partial charge is 0.135 e. The van der Waals surface area contributed by atoms with Crippen LogP contribution in [0.4, 0.5) is 0 Å². The van der Waals surface area contributed by atoms with Crippen LogP contribution < -0.4 is 0 Å². The second-order valence-corrected chi connectivity index (χ2v) is 12.7. The van der Waals surface area contributed by atoms with Crippen molar-refractivity contribution in [2.75, 3.05) is 0 Å². The summed E-state index contributed by atoms with van der Waals surface area (Å²) >= 11 is 0. The van der Waals surface area contributed by atoms with Crippen LogP contribution in [-0.4, -0.2) is 0 Å². The van der Waals surface area contributed by atoms with Gasteiger partial charge in [-0.2, -0.15) is 0 Å². The van der Waals surface area contributed by atoms with Crippen LogP contribution in [0.5, 0.6) is 0 Å². The fourth-order valence-electron chi connectivity index (χ4n) is 7.55. The third kappa shape index (κ3) is 4.55. The number of benzene rings is 9. The van der Waals surface area contributed by atoms with Gasteiger partial charge in [-0.15, -0.1) is 0 Å². The van der Waals surface area contributed by atoms with Crippen LogP contribution in [0.2, 0.25) is 0 Å². The van der Waals surface area contributed by atoms with Gasteiger partial charge in [-0.3, -0.25) is 0 Å². The molecule has 0 radical (unpaired) electrons. The average molecular weight is 625 g/mol. The zero-order chi connectivity index (χ0) is 34.1. The zero-order valence-corrected chi connectivity index (χ0v) is 26.6. The monoisotopic (exact) mass is 624 g/mol. The van der Waals surface area contributed by atoms with Crippen molar-refractivity contribution in [3.63, 3.8) is 0 Å². The highest BCUT2D eigenvalue weighted by Crippen LogP contribution is 2.44. The second-order valence-electron chi connectivity index (χ2n) is 12.7. The van der Waals surface area contributed by atoms with Crippen LogP contribution in [0.15, 0.2) is 186 Å². The van der Waals surface area contributed by atoms with Gasteiger partial charge in [0.1, 0.15) is 11.2 Å². The lowest BCUT2D eigenvalue weighted by Crippen LogP contribution is -1.91. The highest BCUT2D eigenvalue weighted by molar-refractivity contribution is 6.21. The Morgan fingerprint density at radius 2 is 0.837 bits per heavy atom. The van der Waals surface area contributed by atoms with E-state index in [0.29, 0.717) is 17.7 Å². The maximum Gasteiger partial charge on any atom is 0.135 e. The Labute approximate surface area is 287 Å². The fourth-order valence-corrected chi connectivity index (χ4v) is 7.55. The molecule has 9 aromatic carbocycles. The summed E-state index contributed by atoms with van der Waals surface area (Å²) in [6.07, 6.45) is 0. The predicted octanol–water partition coefficient (Wildman–Crippen LogP) is 13.7. The molecule has 0 saturated heterocycles. The lowest BCUT2D eigenvalue weighted by molar-refractivity contribution is 0.669. The first-order valence-corrected chi connectivity index (χ1v) is 16.7. The van der Waals surface area contributed by atoms with Crippen LogP contribution >= 0.6 is 0 Å². The van der Waals surface area contributed by atoms with E-state index >= 15 is 0 Å². The molecule has 1 heterocycles. The third-order valence-electron chi connectivity index (χ3n) is 9.93. The summed E-state index contributed by atoms with van der Waals surface area (Å²) in [5.74, 6) is 0. The highest BCUT2D eigenvalue weighted by atomic mass is 16.3. The molecular weight excluding hydrogens is 593 g/mol. The third-order valence-corrected chi connectivity index (χ3v) is 9.93. The molecule has 0 spiro atoms. The van der Waals surface area contributed by atoms with Gasteiger partial charge in [-0.1, -0.05) is 158 Å². The Bertz CT molecular complexity index is 2910. The predicted molar refractivity (Wildman–Crippen MR) is 208 cm³/mol. The molecule has 0 fully saturated rings. The Hall–Kier alpha value is -6.44. The van der Waals surface area contributed by atoms with Crippen molar-refractivity contribution in [3.05, 3.63) is 182 Å². The van der Waals surface area contributed by atoms with Gasteiger partial charge >= 0.3 is 0 Å². The first-order valence-electron chi connectivity index (χ1n) is 17.7. The van der Waals surface area contributed by atoms with Crippen LogP contribution in [0, 0.1) is 0 Å². The van der Waals surface area contributed by atoms with Gasteiger partial charge in [0.15, 0.2) is 0 Å². The van der Waals surface area contributed by atoms with Crippen molar-refractivity contribution >= 4 is 54.3 Å². The van der Waals surface area contributed by atoms with Gasteiger partial charge in [-0.05, 0) is 101 Å². The first-order chi connectivity index (χ1) is 25.1. The van der Waals surface area contributed by atoms with Crippen LogP contribution in [0.3, 0.4) is 0 Å². The molecule has 1 aromatic heterocycles. The summed E-state index contributed by atoms with van der Waals surface area (Å²) in [6, 6.07) is 60.6. The number of para-hydroxylation sites is 1. The summed E-state index contributed by atoms with van der Waals surface area (Å²) in [5.41, 5.74) is 10.9. The lowest BCUT2D eigenvalue weighted by atomic mass is 9.85. The minimum absolute atomic E-state index is 0.406. The Balaban J connectivity index is 1.07. The van der Waals surface area contributed by atoms with Crippen LogP contribution in [0.1, 0.15) is 2.74 Å². The number of rotatable bonds is 4. The Kier molecular flexibility index (Phi) is 5.79. The molecule has 228 valence electrons. The summed E-state index contributed by atoms with van der Waals surface area (Å²) < 4.78 is 22.2. The maximum absolute atomic E-state index is 8.27. The molecule has 0 saturated carbocycles. The molecule has 0 aliphatic heterocycles. The van der Waals surface area contributed by atoms with Crippen molar-refractivity contribution in [3.8, 4) is 44.5 Å². The van der Waals surface area contributed by atoms with E-state index in [-0.39, 0.29) is 0 Å². The zero-order valence-electron chi connectivity index (χ0n) is 28.6. The minimum atomic E-state index is 0.406. The molecule has 0 N–H and O–H groups in total. The molecule has 0 aliphatic carbocycles. The van der Waals surface area contributed by atoms with Gasteiger partial charge in [0, 0.05) is 10.8 Å². The van der Waals surface area contributed by atoms with Gasteiger partial charge in [-0.25, -0.2) is 0 Å². The van der Waals surface area contributed by atoms with E-state index in [1.54, 1.807) is 6.07 Å². The number of fused-ring (bicyclic) bond motifs is 6. The molecule has 49 heavy (non-hydrogen) atoms. The first kappa shape index (κ1) is 25.6. The summed E-state index contributed by atoms with van der Waals surface area (Å²) in [7, 11) is 0. The van der Waals surface area contributed by atoms with Crippen LogP contribution in [0.25, 0.3) is 98.8 Å². The second kappa shape index (κ2) is 11.1. The molecule has 10 aromatic rings. The molecule has 0 amide bonds. The maximum atomic E-state index is 8.27. The number of hydrogen-bond donors (Lipinski definition) is 0. The molecular formula is C48H30O. The van der Waals surface area contributed by atoms with E-state index in [1.165, 1.54) is 54.9 Å². The molecule has 1 nitrogen and oxygen atoms in total. The fraction of sp³-hybridized carbons (Fsp3) is 0. The van der Waals surface area contributed by atoms with E-state index in [9.17, 15) is 0 Å². The van der Waals surface area contributed by atoms with E-state index < -0.39 is 0 Å². The molecule has 10 rings (SSSR count). The quantitative estimate of drug-likeness (QED) is 0.178. The normalized spacial score (nSPS) is 12.2. The lowest BCUT2D eigenvalue weighted by Gasteiger charge is -2.18. The van der Waals surface area contributed by atoms with Gasteiger partial charge in [0.05, 0.1) is 2.74 Å². The molecule has 0 atom stereocenters. The van der Waals surface area contributed by atoms with E-state index in [0.717, 1.165) is 38.3 Å². The Morgan fingerprint density at radius 3 is 1.47 bits per heavy atom. The van der Waals surface area contributed by atoms with Crippen molar-refractivity contribution in [2.24, 2.45) is 0 Å². The highest BCUT2D eigenvalue weighted by Gasteiger charge is 2.17. The van der Waals surface area contributed by atoms with E-state index in [4.69, 9.17) is 7.16 Å². The van der Waals surface area contributed by atoms with E-state index in [1.807, 2.05) is 36.4 Å². The molecule has 0 unspecified atom stereocenters. The molecule has 0 aliphatic rings. The van der Waals surface area contributed by atoms with Gasteiger partial charge in [0.2, 0.25) is 0 Å². The average Bonchev–Trinajstić information content (AvgIpc) is 3.56. The van der Waals surface area contributed by atoms with Gasteiger partial charge in [0.25, 0.3) is 0 Å².